The molecule has 0 saturated carbocycles. The van der Waals surface area contributed by atoms with Gasteiger partial charge in [-0.3, -0.25) is 4.99 Å². The molecule has 1 aliphatic rings. The molecule has 1 aromatic carbocycles. The van der Waals surface area contributed by atoms with Gasteiger partial charge in [-0.05, 0) is 18.2 Å². The largest absolute Gasteiger partial charge is 0.370 e. The molecule has 0 radical (unpaired) electrons. The molecule has 3 rings (SSSR count). The summed E-state index contributed by atoms with van der Waals surface area (Å²) in [5.41, 5.74) is 0.913. The Bertz CT molecular complexity index is 562. The fraction of sp³-hybridized carbons (Fsp3) is 0.250. The first-order chi connectivity index (χ1) is 7.84. The quantitative estimate of drug-likeness (QED) is 0.874. The van der Waals surface area contributed by atoms with Gasteiger partial charge in [0.15, 0.2) is 0 Å². The Hall–Kier alpha value is -1.55. The molecule has 0 atom stereocenters. The summed E-state index contributed by atoms with van der Waals surface area (Å²) >= 11 is 0. The van der Waals surface area contributed by atoms with E-state index in [0.717, 1.165) is 24.4 Å². The predicted molar refractivity (Wildman–Crippen MR) is 69.4 cm³/mol. The summed E-state index contributed by atoms with van der Waals surface area (Å²) in [5.74, 6) is 0.805. The summed E-state index contributed by atoms with van der Waals surface area (Å²) in [7, 11) is 0. The molecule has 2 aromatic rings. The van der Waals surface area contributed by atoms with Crippen molar-refractivity contribution < 1.29 is 4.39 Å². The van der Waals surface area contributed by atoms with Crippen LogP contribution < -0.4 is 5.32 Å². The van der Waals surface area contributed by atoms with E-state index in [1.54, 1.807) is 12.1 Å². The third-order valence-corrected chi connectivity index (χ3v) is 2.82. The number of aromatic nitrogens is 1. The zero-order chi connectivity index (χ0) is 11.0. The molecular formula is C12H13ClFN3. The maximum atomic E-state index is 13.5. The van der Waals surface area contributed by atoms with Crippen LogP contribution in [-0.2, 0) is 6.54 Å². The number of hydrogen-bond donors (Lipinski definition) is 1. The zero-order valence-corrected chi connectivity index (χ0v) is 10.0. The van der Waals surface area contributed by atoms with E-state index >= 15 is 0 Å². The van der Waals surface area contributed by atoms with Gasteiger partial charge in [0.25, 0.3) is 0 Å². The highest BCUT2D eigenvalue weighted by Crippen LogP contribution is 2.18. The van der Waals surface area contributed by atoms with Crippen molar-refractivity contribution >= 4 is 29.1 Å². The van der Waals surface area contributed by atoms with Crippen LogP contribution in [0.2, 0.25) is 0 Å². The molecule has 2 heterocycles. The summed E-state index contributed by atoms with van der Waals surface area (Å²) in [6.07, 6.45) is 1.90. The molecular weight excluding hydrogens is 241 g/mol. The van der Waals surface area contributed by atoms with Crippen molar-refractivity contribution in [2.24, 2.45) is 4.99 Å². The molecule has 17 heavy (non-hydrogen) atoms. The van der Waals surface area contributed by atoms with Gasteiger partial charge in [0, 0.05) is 18.1 Å². The van der Waals surface area contributed by atoms with E-state index in [0.29, 0.717) is 11.9 Å². The highest BCUT2D eigenvalue weighted by atomic mass is 35.5. The Morgan fingerprint density at radius 2 is 2.24 bits per heavy atom. The second-order valence-electron chi connectivity index (χ2n) is 3.87. The lowest BCUT2D eigenvalue weighted by molar-refractivity contribution is 0.640. The van der Waals surface area contributed by atoms with Crippen molar-refractivity contribution in [2.75, 3.05) is 13.1 Å². The van der Waals surface area contributed by atoms with Gasteiger partial charge >= 0.3 is 0 Å². The highest BCUT2D eigenvalue weighted by molar-refractivity contribution is 5.87. The summed E-state index contributed by atoms with van der Waals surface area (Å²) in [6.45, 7) is 2.43. The SMILES string of the molecule is Cl.Fc1cccc2c1ccn2CC1=NCCN1. The van der Waals surface area contributed by atoms with Gasteiger partial charge in [0.2, 0.25) is 0 Å². The molecule has 0 spiro atoms. The number of nitrogens with zero attached hydrogens (tertiary/aromatic N) is 2. The maximum Gasteiger partial charge on any atom is 0.132 e. The molecule has 5 heteroatoms. The van der Waals surface area contributed by atoms with Crippen molar-refractivity contribution in [3.05, 3.63) is 36.3 Å². The van der Waals surface area contributed by atoms with Crippen molar-refractivity contribution in [3.8, 4) is 0 Å². The van der Waals surface area contributed by atoms with Crippen LogP contribution in [-0.4, -0.2) is 23.5 Å². The second-order valence-corrected chi connectivity index (χ2v) is 3.87. The molecule has 0 bridgehead atoms. The van der Waals surface area contributed by atoms with E-state index in [1.807, 2.05) is 16.8 Å². The fourth-order valence-electron chi connectivity index (χ4n) is 2.04. The number of benzene rings is 1. The van der Waals surface area contributed by atoms with Crippen molar-refractivity contribution in [2.45, 2.75) is 6.54 Å². The third-order valence-electron chi connectivity index (χ3n) is 2.82. The van der Waals surface area contributed by atoms with Gasteiger partial charge in [-0.25, -0.2) is 4.39 Å². The first-order valence-electron chi connectivity index (χ1n) is 5.35. The van der Waals surface area contributed by atoms with Crippen molar-refractivity contribution in [3.63, 3.8) is 0 Å². The van der Waals surface area contributed by atoms with Crippen LogP contribution in [0.25, 0.3) is 10.9 Å². The average molecular weight is 254 g/mol. The average Bonchev–Trinajstić information content (AvgIpc) is 2.90. The van der Waals surface area contributed by atoms with Crippen LogP contribution in [0.3, 0.4) is 0 Å². The van der Waals surface area contributed by atoms with E-state index < -0.39 is 0 Å². The molecule has 1 aromatic heterocycles. The highest BCUT2D eigenvalue weighted by Gasteiger charge is 2.09. The summed E-state index contributed by atoms with van der Waals surface area (Å²) < 4.78 is 15.5. The van der Waals surface area contributed by atoms with E-state index in [4.69, 9.17) is 0 Å². The lowest BCUT2D eigenvalue weighted by atomic mass is 10.2. The molecule has 0 saturated heterocycles. The Labute approximate surface area is 105 Å². The van der Waals surface area contributed by atoms with E-state index in [-0.39, 0.29) is 18.2 Å². The van der Waals surface area contributed by atoms with Crippen LogP contribution in [0, 0.1) is 5.82 Å². The predicted octanol–water partition coefficient (Wildman–Crippen LogP) is 2.20. The Morgan fingerprint density at radius 3 is 3.00 bits per heavy atom. The molecule has 0 fully saturated rings. The number of nitrogens with one attached hydrogen (secondary N) is 1. The smallest absolute Gasteiger partial charge is 0.132 e. The van der Waals surface area contributed by atoms with Gasteiger partial charge in [-0.15, -0.1) is 12.4 Å². The molecule has 0 unspecified atom stereocenters. The van der Waals surface area contributed by atoms with Gasteiger partial charge < -0.3 is 9.88 Å². The summed E-state index contributed by atoms with van der Waals surface area (Å²) in [6, 6.07) is 6.95. The molecule has 1 aliphatic heterocycles. The molecule has 0 amide bonds. The van der Waals surface area contributed by atoms with Crippen LogP contribution in [0.5, 0.6) is 0 Å². The number of halogens is 2. The van der Waals surface area contributed by atoms with Crippen LogP contribution in [0.15, 0.2) is 35.5 Å². The van der Waals surface area contributed by atoms with Crippen LogP contribution in [0.1, 0.15) is 0 Å². The van der Waals surface area contributed by atoms with Gasteiger partial charge in [0.05, 0.1) is 18.6 Å². The van der Waals surface area contributed by atoms with Crippen molar-refractivity contribution in [1.29, 1.82) is 0 Å². The first kappa shape index (κ1) is 11.9. The topological polar surface area (TPSA) is 29.3 Å². The Morgan fingerprint density at radius 1 is 1.35 bits per heavy atom. The van der Waals surface area contributed by atoms with Gasteiger partial charge in [-0.2, -0.15) is 0 Å². The normalized spacial score (nSPS) is 14.3. The second kappa shape index (κ2) is 4.75. The number of amidine groups is 1. The van der Waals surface area contributed by atoms with Crippen LogP contribution >= 0.6 is 12.4 Å². The molecule has 90 valence electrons. The van der Waals surface area contributed by atoms with Gasteiger partial charge in [0.1, 0.15) is 11.7 Å². The van der Waals surface area contributed by atoms with E-state index in [2.05, 4.69) is 10.3 Å². The number of aliphatic imine (C=N–C) groups is 1. The standard InChI is InChI=1S/C12H12FN3.ClH/c13-10-2-1-3-11-9(10)4-7-16(11)8-12-14-5-6-15-12;/h1-4,7H,5-6,8H2,(H,14,15);1H. The monoisotopic (exact) mass is 253 g/mol. The van der Waals surface area contributed by atoms with Crippen molar-refractivity contribution in [1.82, 2.24) is 9.88 Å². The number of rotatable bonds is 2. The third kappa shape index (κ3) is 2.13. The maximum absolute atomic E-state index is 13.5. The number of hydrogen-bond acceptors (Lipinski definition) is 2. The minimum absolute atomic E-state index is 0. The minimum atomic E-state index is -0.169. The Kier molecular flexibility index (Phi) is 3.33. The van der Waals surface area contributed by atoms with E-state index in [9.17, 15) is 4.39 Å². The lowest BCUT2D eigenvalue weighted by Gasteiger charge is -2.05. The summed E-state index contributed by atoms with van der Waals surface area (Å²) in [5, 5.41) is 3.88. The molecule has 1 N–H and O–H groups in total. The number of fused-ring (bicyclic) bond motifs is 1. The minimum Gasteiger partial charge on any atom is -0.370 e. The van der Waals surface area contributed by atoms with Gasteiger partial charge in [-0.1, -0.05) is 6.07 Å². The first-order valence-corrected chi connectivity index (χ1v) is 5.35. The molecule has 3 nitrogen and oxygen atoms in total. The fourth-order valence-corrected chi connectivity index (χ4v) is 2.04. The molecule has 0 aliphatic carbocycles. The van der Waals surface area contributed by atoms with E-state index in [1.165, 1.54) is 6.07 Å². The van der Waals surface area contributed by atoms with Crippen LogP contribution in [0.4, 0.5) is 4.39 Å². The lowest BCUT2D eigenvalue weighted by Crippen LogP contribution is -2.23. The summed E-state index contributed by atoms with van der Waals surface area (Å²) in [4.78, 5) is 4.33. The Balaban J connectivity index is 0.00000108. The zero-order valence-electron chi connectivity index (χ0n) is 9.19.